The van der Waals surface area contributed by atoms with Crippen LogP contribution >= 0.6 is 0 Å². The highest BCUT2D eigenvalue weighted by molar-refractivity contribution is 5.92. The van der Waals surface area contributed by atoms with Gasteiger partial charge in [-0.25, -0.2) is 14.7 Å². The second-order valence-corrected chi connectivity index (χ2v) is 9.10. The van der Waals surface area contributed by atoms with Gasteiger partial charge in [0.05, 0.1) is 32.0 Å². The van der Waals surface area contributed by atoms with Crippen molar-refractivity contribution in [3.63, 3.8) is 0 Å². The SMILES string of the molecule is CCN(CC)C(=O)C1(c2ccccc2)CC1C[N+]12CN3CN(CN(C3)C1)C2. The summed E-state index contributed by atoms with van der Waals surface area (Å²) in [5, 5.41) is 0. The molecule has 1 amide bonds. The summed E-state index contributed by atoms with van der Waals surface area (Å²) in [5.74, 6) is 0.798. The molecular formula is C21H32N5O+. The Morgan fingerprint density at radius 2 is 1.59 bits per heavy atom. The quantitative estimate of drug-likeness (QED) is 0.707. The standard InChI is InChI=1S/C21H32N5O/c1-3-25(4-2)20(27)21(18-8-6-5-7-9-18)10-19(21)11-26-15-22-12-23(16-26)14-24(13-22)17-26/h5-9,19H,3-4,10-17H2,1-2H3/q+1. The minimum atomic E-state index is -0.297. The molecule has 1 aliphatic carbocycles. The van der Waals surface area contributed by atoms with E-state index in [-0.39, 0.29) is 5.41 Å². The third-order valence-electron chi connectivity index (χ3n) is 7.13. The number of quaternary nitrogens is 1. The lowest BCUT2D eigenvalue weighted by molar-refractivity contribution is -0.981. The molecule has 6 rings (SSSR count). The maximum absolute atomic E-state index is 13.6. The van der Waals surface area contributed by atoms with Gasteiger partial charge in [0.15, 0.2) is 0 Å². The van der Waals surface area contributed by atoms with E-state index in [4.69, 9.17) is 0 Å². The van der Waals surface area contributed by atoms with Gasteiger partial charge in [0.1, 0.15) is 20.0 Å². The molecule has 4 heterocycles. The van der Waals surface area contributed by atoms with Crippen molar-refractivity contribution in [1.29, 1.82) is 0 Å². The predicted molar refractivity (Wildman–Crippen MR) is 104 cm³/mol. The normalized spacial score (nSPS) is 41.6. The van der Waals surface area contributed by atoms with E-state index in [1.165, 1.54) is 5.56 Å². The molecule has 146 valence electrons. The Hall–Kier alpha value is -1.47. The van der Waals surface area contributed by atoms with Crippen molar-refractivity contribution in [3.8, 4) is 0 Å². The number of rotatable bonds is 6. The number of likely N-dealkylation sites (N-methyl/N-ethyl adjacent to an activating group) is 1. The molecule has 6 nitrogen and oxygen atoms in total. The average Bonchev–Trinajstić information content (AvgIpc) is 3.36. The van der Waals surface area contributed by atoms with Crippen molar-refractivity contribution in [2.45, 2.75) is 25.7 Å². The smallest absolute Gasteiger partial charge is 0.233 e. The fourth-order valence-corrected chi connectivity index (χ4v) is 6.12. The van der Waals surface area contributed by atoms with Crippen molar-refractivity contribution in [2.75, 3.05) is 59.6 Å². The molecule has 2 atom stereocenters. The van der Waals surface area contributed by atoms with Gasteiger partial charge in [0.2, 0.25) is 5.91 Å². The molecule has 0 N–H and O–H groups in total. The van der Waals surface area contributed by atoms with Crippen molar-refractivity contribution in [3.05, 3.63) is 35.9 Å². The molecule has 5 fully saturated rings. The monoisotopic (exact) mass is 370 g/mol. The first kappa shape index (κ1) is 17.6. The molecule has 6 heteroatoms. The topological polar surface area (TPSA) is 30.0 Å². The van der Waals surface area contributed by atoms with Gasteiger partial charge in [-0.2, -0.15) is 0 Å². The Labute approximate surface area is 162 Å². The van der Waals surface area contributed by atoms with Crippen molar-refractivity contribution < 1.29 is 9.28 Å². The first-order valence-corrected chi connectivity index (χ1v) is 10.5. The van der Waals surface area contributed by atoms with Crippen LogP contribution in [0.3, 0.4) is 0 Å². The molecule has 0 radical (unpaired) electrons. The second kappa shape index (κ2) is 6.27. The van der Waals surface area contributed by atoms with E-state index >= 15 is 0 Å². The summed E-state index contributed by atoms with van der Waals surface area (Å²) in [5.41, 5.74) is 0.927. The number of carbonyl (C=O) groups is 1. The summed E-state index contributed by atoms with van der Waals surface area (Å²) in [4.78, 5) is 23.3. The van der Waals surface area contributed by atoms with E-state index in [2.05, 4.69) is 58.9 Å². The maximum atomic E-state index is 13.6. The van der Waals surface area contributed by atoms with Crippen LogP contribution in [0.5, 0.6) is 0 Å². The van der Waals surface area contributed by atoms with Gasteiger partial charge >= 0.3 is 0 Å². The Bertz CT molecular complexity index is 683. The Kier molecular flexibility index (Phi) is 4.09. The second-order valence-electron chi connectivity index (χ2n) is 9.10. The van der Waals surface area contributed by atoms with E-state index in [0.29, 0.717) is 11.8 Å². The highest BCUT2D eigenvalue weighted by atomic mass is 16.2. The van der Waals surface area contributed by atoms with Gasteiger partial charge in [-0.05, 0) is 25.8 Å². The van der Waals surface area contributed by atoms with Gasteiger partial charge in [-0.3, -0.25) is 9.28 Å². The Morgan fingerprint density at radius 3 is 2.11 bits per heavy atom. The Morgan fingerprint density at radius 1 is 1.04 bits per heavy atom. The molecule has 0 aromatic heterocycles. The molecule has 1 aromatic carbocycles. The molecule has 4 bridgehead atoms. The highest BCUT2D eigenvalue weighted by Crippen LogP contribution is 2.57. The summed E-state index contributed by atoms with van der Waals surface area (Å²) < 4.78 is 1.12. The van der Waals surface area contributed by atoms with Crippen LogP contribution in [0, 0.1) is 5.92 Å². The maximum Gasteiger partial charge on any atom is 0.233 e. The first-order valence-electron chi connectivity index (χ1n) is 10.5. The lowest BCUT2D eigenvalue weighted by atomic mass is 9.91. The van der Waals surface area contributed by atoms with Gasteiger partial charge < -0.3 is 4.90 Å². The van der Waals surface area contributed by atoms with Crippen LogP contribution in [0.4, 0.5) is 0 Å². The third kappa shape index (κ3) is 2.73. The van der Waals surface area contributed by atoms with E-state index in [1.807, 2.05) is 4.90 Å². The van der Waals surface area contributed by atoms with Crippen molar-refractivity contribution >= 4 is 5.91 Å². The molecular weight excluding hydrogens is 338 g/mol. The van der Waals surface area contributed by atoms with Gasteiger partial charge in [-0.1, -0.05) is 30.3 Å². The minimum absolute atomic E-state index is 0.297. The van der Waals surface area contributed by atoms with Gasteiger partial charge in [-0.15, -0.1) is 0 Å². The van der Waals surface area contributed by atoms with E-state index in [9.17, 15) is 4.79 Å². The Balaban J connectivity index is 1.42. The van der Waals surface area contributed by atoms with Crippen LogP contribution in [0.2, 0.25) is 0 Å². The summed E-state index contributed by atoms with van der Waals surface area (Å²) in [7, 11) is 0. The van der Waals surface area contributed by atoms with Gasteiger partial charge in [0.25, 0.3) is 0 Å². The van der Waals surface area contributed by atoms with Crippen LogP contribution < -0.4 is 0 Å². The summed E-state index contributed by atoms with van der Waals surface area (Å²) >= 11 is 0. The molecule has 5 aliphatic rings. The lowest BCUT2D eigenvalue weighted by Gasteiger charge is -2.61. The average molecular weight is 371 g/mol. The largest absolute Gasteiger partial charge is 0.342 e. The fourth-order valence-electron chi connectivity index (χ4n) is 6.12. The molecule has 1 aromatic rings. The van der Waals surface area contributed by atoms with E-state index in [1.54, 1.807) is 0 Å². The molecule has 0 spiro atoms. The summed E-state index contributed by atoms with van der Waals surface area (Å²) in [6.07, 6.45) is 1.01. The van der Waals surface area contributed by atoms with Gasteiger partial charge in [0, 0.05) is 19.0 Å². The third-order valence-corrected chi connectivity index (χ3v) is 7.13. The molecule has 4 saturated heterocycles. The number of amides is 1. The molecule has 4 aliphatic heterocycles. The van der Waals surface area contributed by atoms with Crippen molar-refractivity contribution in [1.82, 2.24) is 19.6 Å². The van der Waals surface area contributed by atoms with Crippen LogP contribution in [-0.4, -0.2) is 89.6 Å². The zero-order valence-electron chi connectivity index (χ0n) is 16.7. The highest BCUT2D eigenvalue weighted by Gasteiger charge is 2.65. The predicted octanol–water partition coefficient (Wildman–Crippen LogP) is 1.32. The number of hydrogen-bond acceptors (Lipinski definition) is 4. The van der Waals surface area contributed by atoms with Crippen LogP contribution in [0.25, 0.3) is 0 Å². The number of benzene rings is 1. The molecule has 1 saturated carbocycles. The van der Waals surface area contributed by atoms with E-state index < -0.39 is 0 Å². The zero-order chi connectivity index (χ0) is 18.6. The van der Waals surface area contributed by atoms with Crippen LogP contribution in [0.15, 0.2) is 30.3 Å². The number of carbonyl (C=O) groups excluding carboxylic acids is 1. The van der Waals surface area contributed by atoms with E-state index in [0.717, 1.165) is 70.6 Å². The summed E-state index contributed by atoms with van der Waals surface area (Å²) in [6.45, 7) is 13.7. The summed E-state index contributed by atoms with van der Waals surface area (Å²) in [6, 6.07) is 10.6. The zero-order valence-corrected chi connectivity index (χ0v) is 16.7. The molecule has 27 heavy (non-hydrogen) atoms. The number of nitrogens with zero attached hydrogens (tertiary/aromatic N) is 5. The first-order chi connectivity index (χ1) is 13.1. The molecule has 2 unspecified atom stereocenters. The lowest BCUT2D eigenvalue weighted by Crippen LogP contribution is -2.79. The van der Waals surface area contributed by atoms with Crippen molar-refractivity contribution in [2.24, 2.45) is 5.92 Å². The number of hydrogen-bond donors (Lipinski definition) is 0. The minimum Gasteiger partial charge on any atom is -0.342 e. The van der Waals surface area contributed by atoms with Crippen LogP contribution in [-0.2, 0) is 10.2 Å². The fraction of sp³-hybridized carbons (Fsp3) is 0.667. The van der Waals surface area contributed by atoms with Crippen LogP contribution in [0.1, 0.15) is 25.8 Å².